The molecular formula is C52H100O6. The minimum Gasteiger partial charge on any atom is -0.462 e. The molecule has 0 heterocycles. The molecule has 0 spiro atoms. The van der Waals surface area contributed by atoms with E-state index < -0.39 is 6.10 Å². The minimum atomic E-state index is -0.760. The maximum Gasteiger partial charge on any atom is 0.306 e. The van der Waals surface area contributed by atoms with Crippen molar-refractivity contribution in [3.8, 4) is 0 Å². The van der Waals surface area contributed by atoms with Crippen LogP contribution in [0.4, 0.5) is 0 Å². The number of unbranched alkanes of at least 4 members (excludes halogenated alkanes) is 34. The molecule has 0 saturated carbocycles. The molecule has 0 radical (unpaired) electrons. The molecule has 0 aromatic rings. The highest BCUT2D eigenvalue weighted by Crippen LogP contribution is 2.17. The Morgan fingerprint density at radius 2 is 0.569 bits per heavy atom. The Labute approximate surface area is 361 Å². The predicted octanol–water partition coefficient (Wildman–Crippen LogP) is 16.7. The largest absolute Gasteiger partial charge is 0.462 e. The molecule has 58 heavy (non-hydrogen) atoms. The van der Waals surface area contributed by atoms with E-state index in [9.17, 15) is 14.4 Å². The van der Waals surface area contributed by atoms with Crippen molar-refractivity contribution in [1.29, 1.82) is 0 Å². The second-order valence-corrected chi connectivity index (χ2v) is 18.3. The van der Waals surface area contributed by atoms with Gasteiger partial charge in [-0.25, -0.2) is 0 Å². The summed E-state index contributed by atoms with van der Waals surface area (Å²) in [5.41, 5.74) is 0. The summed E-state index contributed by atoms with van der Waals surface area (Å²) in [5.74, 6) is -0.0281. The van der Waals surface area contributed by atoms with Crippen LogP contribution in [-0.2, 0) is 28.6 Å². The van der Waals surface area contributed by atoms with Gasteiger partial charge in [0.25, 0.3) is 0 Å². The van der Waals surface area contributed by atoms with Crippen LogP contribution in [0.15, 0.2) is 0 Å². The lowest BCUT2D eigenvalue weighted by atomic mass is 10.0. The highest BCUT2D eigenvalue weighted by molar-refractivity contribution is 5.71. The molecule has 0 amide bonds. The maximum atomic E-state index is 12.7. The van der Waals surface area contributed by atoms with Crippen molar-refractivity contribution >= 4 is 17.9 Å². The summed E-state index contributed by atoms with van der Waals surface area (Å²) in [5, 5.41) is 0. The van der Waals surface area contributed by atoms with Gasteiger partial charge in [0.15, 0.2) is 6.10 Å². The lowest BCUT2D eigenvalue weighted by Crippen LogP contribution is -2.30. The highest BCUT2D eigenvalue weighted by atomic mass is 16.6. The molecule has 1 atom stereocenters. The molecule has 0 aliphatic carbocycles. The van der Waals surface area contributed by atoms with E-state index in [0.717, 1.165) is 63.7 Å². The average Bonchev–Trinajstić information content (AvgIpc) is 3.21. The standard InChI is InChI=1S/C52H100O6/c1-5-7-9-11-13-15-17-18-19-20-21-22-23-28-31-35-39-43-50(53)56-46-49(58-52(55)45-41-37-33-27-16-14-12-10-8-6-2)47-57-51(54)44-40-36-32-29-25-24-26-30-34-38-42-48(3)4/h48-49H,5-47H2,1-4H3/t49-/m0/s1. The van der Waals surface area contributed by atoms with Gasteiger partial charge in [-0.3, -0.25) is 14.4 Å². The zero-order valence-electron chi connectivity index (χ0n) is 39.5. The van der Waals surface area contributed by atoms with Gasteiger partial charge in [0.1, 0.15) is 13.2 Å². The monoisotopic (exact) mass is 821 g/mol. The quantitative estimate of drug-likeness (QED) is 0.0346. The first-order valence-electron chi connectivity index (χ1n) is 25.9. The summed E-state index contributed by atoms with van der Waals surface area (Å²) in [4.78, 5) is 37.9. The van der Waals surface area contributed by atoms with Crippen LogP contribution in [0.2, 0.25) is 0 Å². The molecule has 6 heteroatoms. The SMILES string of the molecule is CCCCCCCCCCCCCCCCCCCC(=O)OC[C@@H](COC(=O)CCCCCCCCCCCCC(C)C)OC(=O)CCCCCCCCCCCC. The van der Waals surface area contributed by atoms with Crippen molar-refractivity contribution in [2.45, 2.75) is 297 Å². The molecule has 0 bridgehead atoms. The Bertz CT molecular complexity index is 872. The third-order valence-electron chi connectivity index (χ3n) is 11.8. The van der Waals surface area contributed by atoms with Crippen LogP contribution in [0.5, 0.6) is 0 Å². The Balaban J connectivity index is 4.25. The van der Waals surface area contributed by atoms with Gasteiger partial charge in [0.05, 0.1) is 0 Å². The van der Waals surface area contributed by atoms with E-state index in [1.165, 1.54) is 186 Å². The van der Waals surface area contributed by atoms with E-state index in [0.29, 0.717) is 19.3 Å². The molecule has 0 rings (SSSR count). The van der Waals surface area contributed by atoms with E-state index >= 15 is 0 Å². The third-order valence-corrected chi connectivity index (χ3v) is 11.8. The summed E-state index contributed by atoms with van der Waals surface area (Å²) in [7, 11) is 0. The number of hydrogen-bond donors (Lipinski definition) is 0. The van der Waals surface area contributed by atoms with Gasteiger partial charge in [-0.05, 0) is 25.2 Å². The molecule has 0 fully saturated rings. The number of ether oxygens (including phenoxy) is 3. The van der Waals surface area contributed by atoms with Crippen LogP contribution >= 0.6 is 0 Å². The smallest absolute Gasteiger partial charge is 0.306 e. The number of carbonyl (C=O) groups excluding carboxylic acids is 3. The number of esters is 3. The van der Waals surface area contributed by atoms with E-state index in [1.54, 1.807) is 0 Å². The number of carbonyl (C=O) groups is 3. The van der Waals surface area contributed by atoms with Gasteiger partial charge in [-0.2, -0.15) is 0 Å². The molecule has 0 unspecified atom stereocenters. The zero-order valence-corrected chi connectivity index (χ0v) is 39.5. The lowest BCUT2D eigenvalue weighted by Gasteiger charge is -2.18. The molecule has 0 aromatic carbocycles. The Morgan fingerprint density at radius 3 is 0.845 bits per heavy atom. The molecule has 0 aliphatic heterocycles. The second kappa shape index (κ2) is 46.5. The minimum absolute atomic E-state index is 0.0629. The summed E-state index contributed by atoms with van der Waals surface area (Å²) >= 11 is 0. The Hall–Kier alpha value is -1.59. The third kappa shape index (κ3) is 45.5. The predicted molar refractivity (Wildman–Crippen MR) is 247 cm³/mol. The van der Waals surface area contributed by atoms with Crippen molar-refractivity contribution in [3.05, 3.63) is 0 Å². The van der Waals surface area contributed by atoms with E-state index in [-0.39, 0.29) is 31.1 Å². The Kier molecular flexibility index (Phi) is 45.2. The number of rotatable bonds is 47. The fourth-order valence-electron chi connectivity index (χ4n) is 7.86. The van der Waals surface area contributed by atoms with E-state index in [2.05, 4.69) is 27.7 Å². The Morgan fingerprint density at radius 1 is 0.328 bits per heavy atom. The summed E-state index contributed by atoms with van der Waals surface area (Å²) in [6, 6.07) is 0. The summed E-state index contributed by atoms with van der Waals surface area (Å²) in [6.45, 7) is 9.00. The van der Waals surface area contributed by atoms with Crippen LogP contribution < -0.4 is 0 Å². The van der Waals surface area contributed by atoms with Crippen LogP contribution in [0, 0.1) is 5.92 Å². The fourth-order valence-corrected chi connectivity index (χ4v) is 7.86. The molecule has 6 nitrogen and oxygen atoms in total. The summed E-state index contributed by atoms with van der Waals surface area (Å²) < 4.78 is 16.8. The van der Waals surface area contributed by atoms with Gasteiger partial charge >= 0.3 is 17.9 Å². The molecule has 344 valence electrons. The number of hydrogen-bond acceptors (Lipinski definition) is 6. The molecule has 0 N–H and O–H groups in total. The molecule has 0 aromatic heterocycles. The van der Waals surface area contributed by atoms with Gasteiger partial charge in [0, 0.05) is 19.3 Å². The van der Waals surface area contributed by atoms with Crippen molar-refractivity contribution in [2.75, 3.05) is 13.2 Å². The van der Waals surface area contributed by atoms with Crippen LogP contribution in [0.25, 0.3) is 0 Å². The van der Waals surface area contributed by atoms with Crippen molar-refractivity contribution in [1.82, 2.24) is 0 Å². The lowest BCUT2D eigenvalue weighted by molar-refractivity contribution is -0.167. The van der Waals surface area contributed by atoms with Crippen molar-refractivity contribution in [2.24, 2.45) is 5.92 Å². The fraction of sp³-hybridized carbons (Fsp3) is 0.942. The van der Waals surface area contributed by atoms with E-state index in [4.69, 9.17) is 14.2 Å². The highest BCUT2D eigenvalue weighted by Gasteiger charge is 2.19. The normalized spacial score (nSPS) is 11.9. The van der Waals surface area contributed by atoms with Crippen molar-refractivity contribution < 1.29 is 28.6 Å². The maximum absolute atomic E-state index is 12.7. The van der Waals surface area contributed by atoms with E-state index in [1.807, 2.05) is 0 Å². The molecule has 0 aliphatic rings. The summed E-state index contributed by atoms with van der Waals surface area (Å²) in [6.07, 6.45) is 48.0. The zero-order chi connectivity index (χ0) is 42.4. The van der Waals surface area contributed by atoms with Crippen LogP contribution in [-0.4, -0.2) is 37.2 Å². The first-order valence-corrected chi connectivity index (χ1v) is 25.9. The first kappa shape index (κ1) is 56.4. The average molecular weight is 821 g/mol. The molecular weight excluding hydrogens is 721 g/mol. The van der Waals surface area contributed by atoms with Gasteiger partial charge < -0.3 is 14.2 Å². The molecule has 0 saturated heterocycles. The van der Waals surface area contributed by atoms with Gasteiger partial charge in [-0.15, -0.1) is 0 Å². The second-order valence-electron chi connectivity index (χ2n) is 18.3. The van der Waals surface area contributed by atoms with Crippen molar-refractivity contribution in [3.63, 3.8) is 0 Å². The van der Waals surface area contributed by atoms with Crippen LogP contribution in [0.1, 0.15) is 291 Å². The first-order chi connectivity index (χ1) is 28.4. The topological polar surface area (TPSA) is 78.9 Å². The van der Waals surface area contributed by atoms with Gasteiger partial charge in [0.2, 0.25) is 0 Å². The van der Waals surface area contributed by atoms with Crippen LogP contribution in [0.3, 0.4) is 0 Å². The van der Waals surface area contributed by atoms with Gasteiger partial charge in [-0.1, -0.05) is 252 Å².